The van der Waals surface area contributed by atoms with Gasteiger partial charge in [-0.1, -0.05) is 0 Å². The first-order chi connectivity index (χ1) is 9.38. The second-order valence-corrected chi connectivity index (χ2v) is 4.96. The standard InChI is InChI=1S/C13H17N5O/c14-7-10-13(16-4-3-15-10)17-11-8-19-9-12(11)18-5-1-2-6-18/h3-4,11-12H,1-2,5-6,8-9H2,(H,16,17)/t11-,12-/m0/s1. The van der Waals surface area contributed by atoms with Gasteiger partial charge in [0.05, 0.1) is 25.3 Å². The predicted molar refractivity (Wildman–Crippen MR) is 69.6 cm³/mol. The van der Waals surface area contributed by atoms with Crippen molar-refractivity contribution in [2.45, 2.75) is 24.9 Å². The van der Waals surface area contributed by atoms with E-state index in [1.54, 1.807) is 6.20 Å². The van der Waals surface area contributed by atoms with Crippen LogP contribution in [0.5, 0.6) is 0 Å². The third kappa shape index (κ3) is 2.53. The van der Waals surface area contributed by atoms with E-state index in [2.05, 4.69) is 26.3 Å². The lowest BCUT2D eigenvalue weighted by Gasteiger charge is -2.28. The van der Waals surface area contributed by atoms with Crippen LogP contribution in [0, 0.1) is 11.3 Å². The van der Waals surface area contributed by atoms with Gasteiger partial charge in [-0.3, -0.25) is 4.90 Å². The van der Waals surface area contributed by atoms with E-state index >= 15 is 0 Å². The number of aromatic nitrogens is 2. The number of nitrogens with zero attached hydrogens (tertiary/aromatic N) is 4. The first-order valence-electron chi connectivity index (χ1n) is 6.68. The maximum absolute atomic E-state index is 9.04. The van der Waals surface area contributed by atoms with Crippen LogP contribution in [0.2, 0.25) is 0 Å². The molecule has 0 aliphatic carbocycles. The summed E-state index contributed by atoms with van der Waals surface area (Å²) < 4.78 is 5.59. The molecule has 0 unspecified atom stereocenters. The van der Waals surface area contributed by atoms with Crippen LogP contribution in [0.15, 0.2) is 12.4 Å². The van der Waals surface area contributed by atoms with E-state index in [-0.39, 0.29) is 6.04 Å². The van der Waals surface area contributed by atoms with Crippen molar-refractivity contribution in [1.82, 2.24) is 14.9 Å². The molecule has 2 aliphatic rings. The second kappa shape index (κ2) is 5.51. The molecule has 6 heteroatoms. The van der Waals surface area contributed by atoms with Gasteiger partial charge in [-0.25, -0.2) is 9.97 Å². The van der Waals surface area contributed by atoms with Gasteiger partial charge in [0, 0.05) is 12.4 Å². The van der Waals surface area contributed by atoms with Crippen molar-refractivity contribution < 1.29 is 4.74 Å². The van der Waals surface area contributed by atoms with Gasteiger partial charge in [0.1, 0.15) is 6.07 Å². The fraction of sp³-hybridized carbons (Fsp3) is 0.615. The normalized spacial score (nSPS) is 27.3. The number of anilines is 1. The number of nitrogens with one attached hydrogen (secondary N) is 1. The first kappa shape index (κ1) is 12.3. The van der Waals surface area contributed by atoms with Crippen LogP contribution in [0.4, 0.5) is 5.82 Å². The smallest absolute Gasteiger partial charge is 0.182 e. The summed E-state index contributed by atoms with van der Waals surface area (Å²) in [6.45, 7) is 3.68. The van der Waals surface area contributed by atoms with Crippen molar-refractivity contribution in [3.63, 3.8) is 0 Å². The number of likely N-dealkylation sites (tertiary alicyclic amines) is 1. The summed E-state index contributed by atoms with van der Waals surface area (Å²) in [5.41, 5.74) is 0.342. The maximum Gasteiger partial charge on any atom is 0.182 e. The summed E-state index contributed by atoms with van der Waals surface area (Å²) in [5.74, 6) is 0.560. The largest absolute Gasteiger partial charge is 0.378 e. The molecule has 3 heterocycles. The van der Waals surface area contributed by atoms with Gasteiger partial charge in [0.25, 0.3) is 0 Å². The van der Waals surface area contributed by atoms with Crippen LogP contribution in [0.3, 0.4) is 0 Å². The highest BCUT2D eigenvalue weighted by Crippen LogP contribution is 2.22. The Morgan fingerprint density at radius 2 is 2.05 bits per heavy atom. The van der Waals surface area contributed by atoms with Gasteiger partial charge in [-0.05, 0) is 25.9 Å². The fourth-order valence-electron chi connectivity index (χ4n) is 2.82. The molecule has 1 aromatic heterocycles. The summed E-state index contributed by atoms with van der Waals surface area (Å²) in [7, 11) is 0. The average molecular weight is 259 g/mol. The number of hydrogen-bond acceptors (Lipinski definition) is 6. The Labute approximate surface area is 112 Å². The summed E-state index contributed by atoms with van der Waals surface area (Å²) in [6.07, 6.45) is 5.66. The molecule has 2 saturated heterocycles. The number of hydrogen-bond donors (Lipinski definition) is 1. The monoisotopic (exact) mass is 259 g/mol. The fourth-order valence-corrected chi connectivity index (χ4v) is 2.82. The molecular weight excluding hydrogens is 242 g/mol. The van der Waals surface area contributed by atoms with Crippen molar-refractivity contribution in [1.29, 1.82) is 5.26 Å². The lowest BCUT2D eigenvalue weighted by molar-refractivity contribution is 0.159. The highest BCUT2D eigenvalue weighted by atomic mass is 16.5. The van der Waals surface area contributed by atoms with Crippen molar-refractivity contribution in [2.75, 3.05) is 31.6 Å². The molecule has 2 atom stereocenters. The van der Waals surface area contributed by atoms with Crippen molar-refractivity contribution in [3.8, 4) is 6.07 Å². The molecule has 1 N–H and O–H groups in total. The molecule has 0 aromatic carbocycles. The zero-order chi connectivity index (χ0) is 13.1. The molecule has 3 rings (SSSR count). The quantitative estimate of drug-likeness (QED) is 0.858. The molecule has 0 bridgehead atoms. The summed E-state index contributed by atoms with van der Waals surface area (Å²) in [6, 6.07) is 2.62. The minimum absolute atomic E-state index is 0.182. The number of rotatable bonds is 3. The minimum Gasteiger partial charge on any atom is -0.378 e. The van der Waals surface area contributed by atoms with E-state index in [4.69, 9.17) is 10.00 Å². The SMILES string of the molecule is N#Cc1nccnc1N[C@H]1COC[C@@H]1N1CCCC1. The zero-order valence-electron chi connectivity index (χ0n) is 10.7. The van der Waals surface area contributed by atoms with Crippen LogP contribution < -0.4 is 5.32 Å². The van der Waals surface area contributed by atoms with Gasteiger partial charge in [-0.2, -0.15) is 5.26 Å². The van der Waals surface area contributed by atoms with E-state index < -0.39 is 0 Å². The van der Waals surface area contributed by atoms with Gasteiger partial charge in [0.2, 0.25) is 0 Å². The highest BCUT2D eigenvalue weighted by Gasteiger charge is 2.34. The van der Waals surface area contributed by atoms with Crippen LogP contribution in [-0.2, 0) is 4.74 Å². The molecule has 2 fully saturated rings. The molecule has 6 nitrogen and oxygen atoms in total. The Kier molecular flexibility index (Phi) is 3.58. The third-order valence-corrected chi connectivity index (χ3v) is 3.79. The van der Waals surface area contributed by atoms with E-state index in [0.29, 0.717) is 24.2 Å². The lowest BCUT2D eigenvalue weighted by Crippen LogP contribution is -2.45. The Bertz CT molecular complexity index is 480. The van der Waals surface area contributed by atoms with E-state index in [1.165, 1.54) is 19.0 Å². The minimum atomic E-state index is 0.182. The molecule has 0 radical (unpaired) electrons. The summed E-state index contributed by atoms with van der Waals surface area (Å²) in [4.78, 5) is 10.7. The molecule has 19 heavy (non-hydrogen) atoms. The van der Waals surface area contributed by atoms with Gasteiger partial charge < -0.3 is 10.1 Å². The molecule has 100 valence electrons. The van der Waals surface area contributed by atoms with Crippen LogP contribution >= 0.6 is 0 Å². The third-order valence-electron chi connectivity index (χ3n) is 3.79. The van der Waals surface area contributed by atoms with Crippen molar-refractivity contribution >= 4 is 5.82 Å². The number of ether oxygens (including phenoxy) is 1. The van der Waals surface area contributed by atoms with E-state index in [1.807, 2.05) is 0 Å². The Hall–Kier alpha value is -1.71. The zero-order valence-corrected chi connectivity index (χ0v) is 10.7. The lowest BCUT2D eigenvalue weighted by atomic mass is 10.1. The number of nitriles is 1. The van der Waals surface area contributed by atoms with Crippen LogP contribution in [-0.4, -0.2) is 53.3 Å². The van der Waals surface area contributed by atoms with Gasteiger partial charge >= 0.3 is 0 Å². The maximum atomic E-state index is 9.04. The van der Waals surface area contributed by atoms with Crippen LogP contribution in [0.1, 0.15) is 18.5 Å². The van der Waals surface area contributed by atoms with E-state index in [9.17, 15) is 0 Å². The van der Waals surface area contributed by atoms with Crippen molar-refractivity contribution in [3.05, 3.63) is 18.1 Å². The predicted octanol–water partition coefficient (Wildman–Crippen LogP) is 0.623. The molecule has 1 aromatic rings. The Morgan fingerprint density at radius 1 is 1.26 bits per heavy atom. The molecule has 0 amide bonds. The Morgan fingerprint density at radius 3 is 2.84 bits per heavy atom. The molecular formula is C13H17N5O. The molecule has 0 spiro atoms. The average Bonchev–Trinajstić information content (AvgIpc) is 3.09. The Balaban J connectivity index is 1.73. The topological polar surface area (TPSA) is 74.1 Å². The van der Waals surface area contributed by atoms with Gasteiger partial charge in [-0.15, -0.1) is 0 Å². The first-order valence-corrected chi connectivity index (χ1v) is 6.68. The summed E-state index contributed by atoms with van der Waals surface area (Å²) in [5, 5.41) is 12.4. The summed E-state index contributed by atoms with van der Waals surface area (Å²) >= 11 is 0. The highest BCUT2D eigenvalue weighted by molar-refractivity contribution is 5.47. The van der Waals surface area contributed by atoms with Crippen LogP contribution in [0.25, 0.3) is 0 Å². The second-order valence-electron chi connectivity index (χ2n) is 4.96. The van der Waals surface area contributed by atoms with Crippen molar-refractivity contribution in [2.24, 2.45) is 0 Å². The molecule has 2 aliphatic heterocycles. The van der Waals surface area contributed by atoms with Gasteiger partial charge in [0.15, 0.2) is 11.5 Å². The van der Waals surface area contributed by atoms with E-state index in [0.717, 1.165) is 19.7 Å². The molecule has 0 saturated carbocycles.